The summed E-state index contributed by atoms with van der Waals surface area (Å²) in [6.45, 7) is 5.79. The number of hydrogen-bond acceptors (Lipinski definition) is 3. The highest BCUT2D eigenvalue weighted by Gasteiger charge is 2.32. The van der Waals surface area contributed by atoms with E-state index >= 15 is 0 Å². The second-order valence-corrected chi connectivity index (χ2v) is 7.22. The van der Waals surface area contributed by atoms with Gasteiger partial charge in [0.15, 0.2) is 0 Å². The molecule has 0 fully saturated rings. The van der Waals surface area contributed by atoms with Gasteiger partial charge in [0.1, 0.15) is 0 Å². The van der Waals surface area contributed by atoms with E-state index in [-0.39, 0.29) is 5.54 Å². The molecule has 0 saturated carbocycles. The summed E-state index contributed by atoms with van der Waals surface area (Å²) < 4.78 is 2.30. The summed E-state index contributed by atoms with van der Waals surface area (Å²) in [5, 5.41) is 20.2. The number of rotatable bonds is 0. The molecule has 5 nitrogen and oxygen atoms in total. The molecule has 0 aliphatic rings. The average molecular weight is 442 g/mol. The number of fused-ring (bicyclic) bond motifs is 1. The second-order valence-electron chi connectivity index (χ2n) is 4.78. The molecule has 0 spiro atoms. The predicted octanol–water partition coefficient (Wildman–Crippen LogP) is 2.59. The maximum absolute atomic E-state index is 11.9. The molecule has 0 unspecified atom stereocenters. The summed E-state index contributed by atoms with van der Waals surface area (Å²) in [5.41, 5.74) is 0.599. The third-order valence-electron chi connectivity index (χ3n) is 2.28. The van der Waals surface area contributed by atoms with Crippen molar-refractivity contribution < 1.29 is 9.64 Å². The number of halogens is 3. The Labute approximate surface area is 129 Å². The topological polar surface area (TPSA) is 56.6 Å². The lowest BCUT2D eigenvalue weighted by atomic mass is 10.1. The summed E-state index contributed by atoms with van der Waals surface area (Å²) in [4.78, 5) is 1.99. The number of benzene rings is 1. The Kier molecular flexibility index (Phi) is 3.63. The van der Waals surface area contributed by atoms with E-state index in [2.05, 4.69) is 58.1 Å². The Morgan fingerprint density at radius 3 is 2.33 bits per heavy atom. The van der Waals surface area contributed by atoms with Crippen LogP contribution in [0.15, 0.2) is 19.5 Å². The quantitative estimate of drug-likeness (QED) is 0.359. The van der Waals surface area contributed by atoms with Crippen molar-refractivity contribution in [3.05, 3.63) is 24.7 Å². The normalized spacial score (nSPS) is 12.1. The van der Waals surface area contributed by atoms with Crippen molar-refractivity contribution in [2.24, 2.45) is 0 Å². The molecule has 96 valence electrons. The highest BCUT2D eigenvalue weighted by atomic mass is 79.9. The van der Waals surface area contributed by atoms with Crippen molar-refractivity contribution in [2.45, 2.75) is 26.3 Å². The van der Waals surface area contributed by atoms with E-state index in [1.807, 2.05) is 20.8 Å². The fraction of sp³-hybridized carbons (Fsp3) is 0.400. The molecule has 0 saturated heterocycles. The van der Waals surface area contributed by atoms with E-state index in [1.165, 1.54) is 4.80 Å². The maximum Gasteiger partial charge on any atom is 0.312 e. The van der Waals surface area contributed by atoms with Crippen LogP contribution < -0.4 is 9.64 Å². The summed E-state index contributed by atoms with van der Waals surface area (Å²) >= 11 is 10.2. The molecule has 8 heteroatoms. The van der Waals surface area contributed by atoms with Crippen molar-refractivity contribution in [1.82, 2.24) is 10.3 Å². The highest BCUT2D eigenvalue weighted by Crippen LogP contribution is 2.34. The van der Waals surface area contributed by atoms with E-state index in [4.69, 9.17) is 0 Å². The van der Waals surface area contributed by atoms with Gasteiger partial charge in [-0.25, -0.2) is 0 Å². The first-order valence-electron chi connectivity index (χ1n) is 5.10. The second kappa shape index (κ2) is 4.64. The van der Waals surface area contributed by atoms with Gasteiger partial charge in [0.2, 0.25) is 11.1 Å². The molecular formula is C10H10Br3N4O+. The third-order valence-corrected chi connectivity index (χ3v) is 5.57. The van der Waals surface area contributed by atoms with Gasteiger partial charge in [-0.1, -0.05) is 0 Å². The van der Waals surface area contributed by atoms with Crippen LogP contribution >= 0.6 is 47.8 Å². The van der Waals surface area contributed by atoms with Gasteiger partial charge in [-0.2, -0.15) is 0 Å². The van der Waals surface area contributed by atoms with Gasteiger partial charge in [0.05, 0.1) is 9.27 Å². The van der Waals surface area contributed by atoms with E-state index in [0.29, 0.717) is 15.9 Å². The Hall–Kier alpha value is -0.340. The molecule has 0 atom stereocenters. The summed E-state index contributed by atoms with van der Waals surface area (Å²) in [7, 11) is 0. The first kappa shape index (κ1) is 14.1. The zero-order chi connectivity index (χ0) is 13.7. The molecule has 0 bridgehead atoms. The molecule has 0 aliphatic heterocycles. The van der Waals surface area contributed by atoms with Crippen LogP contribution in [0.5, 0.6) is 0 Å². The van der Waals surface area contributed by atoms with Crippen LogP contribution in [0.25, 0.3) is 11.0 Å². The van der Waals surface area contributed by atoms with Gasteiger partial charge >= 0.3 is 5.21 Å². The fourth-order valence-corrected chi connectivity index (χ4v) is 2.82. The third kappa shape index (κ3) is 2.37. The van der Waals surface area contributed by atoms with E-state index in [1.54, 1.807) is 6.07 Å². The molecule has 1 heterocycles. The highest BCUT2D eigenvalue weighted by molar-refractivity contribution is 9.14. The smallest absolute Gasteiger partial charge is 0.312 e. The van der Waals surface area contributed by atoms with Gasteiger partial charge in [-0.05, 0) is 47.8 Å². The van der Waals surface area contributed by atoms with Crippen LogP contribution in [-0.4, -0.2) is 10.3 Å². The van der Waals surface area contributed by atoms with Gasteiger partial charge in [0.25, 0.3) is 5.52 Å². The zero-order valence-electron chi connectivity index (χ0n) is 9.91. The van der Waals surface area contributed by atoms with Gasteiger partial charge < -0.3 is 5.21 Å². The minimum atomic E-state index is -0.362. The summed E-state index contributed by atoms with van der Waals surface area (Å²) in [6.07, 6.45) is 0. The number of nitrogens with zero attached hydrogens (tertiary/aromatic N) is 4. The lowest BCUT2D eigenvalue weighted by Gasteiger charge is -2.07. The minimum absolute atomic E-state index is 0.362. The lowest BCUT2D eigenvalue weighted by molar-refractivity contribution is -0.941. The predicted molar refractivity (Wildman–Crippen MR) is 76.8 cm³/mol. The monoisotopic (exact) mass is 439 g/mol. The molecule has 18 heavy (non-hydrogen) atoms. The van der Waals surface area contributed by atoms with Crippen molar-refractivity contribution in [2.75, 3.05) is 0 Å². The van der Waals surface area contributed by atoms with Crippen LogP contribution in [0.3, 0.4) is 0 Å². The minimum Gasteiger partial charge on any atom is -0.590 e. The largest absolute Gasteiger partial charge is 0.590 e. The van der Waals surface area contributed by atoms with E-state index < -0.39 is 0 Å². The first-order chi connectivity index (χ1) is 8.21. The molecule has 0 amide bonds. The van der Waals surface area contributed by atoms with Crippen molar-refractivity contribution >= 4 is 58.8 Å². The van der Waals surface area contributed by atoms with Gasteiger partial charge in [-0.15, -0.1) is 0 Å². The Morgan fingerprint density at radius 2 is 1.78 bits per heavy atom. The Balaban J connectivity index is 2.88. The summed E-state index contributed by atoms with van der Waals surface area (Å²) in [6, 6.07) is 1.68. The molecule has 1 aromatic heterocycles. The van der Waals surface area contributed by atoms with Crippen LogP contribution in [0.1, 0.15) is 20.8 Å². The molecule has 0 N–H and O–H groups in total. The number of aromatic nitrogens is 4. The first-order valence-corrected chi connectivity index (χ1v) is 7.48. The lowest BCUT2D eigenvalue weighted by Crippen LogP contribution is -2.62. The molecule has 2 rings (SSSR count). The van der Waals surface area contributed by atoms with E-state index in [9.17, 15) is 5.21 Å². The van der Waals surface area contributed by atoms with Crippen molar-refractivity contribution in [3.63, 3.8) is 0 Å². The van der Waals surface area contributed by atoms with Gasteiger partial charge in [-0.3, -0.25) is 0 Å². The standard InChI is InChI=1S/C10H10Br3N4O/c1-10(2,3)17-14-9-6(16(18)15-17)4-5(11)7(12)8(9)13/h4H,1-3H3/q+1. The van der Waals surface area contributed by atoms with Crippen LogP contribution in [-0.2, 0) is 5.54 Å². The van der Waals surface area contributed by atoms with Crippen LogP contribution in [0, 0.1) is 5.21 Å². The molecule has 0 radical (unpaired) electrons. The molecule has 2 aromatic rings. The Morgan fingerprint density at radius 1 is 1.17 bits per heavy atom. The van der Waals surface area contributed by atoms with Gasteiger partial charge in [0, 0.05) is 45.7 Å². The van der Waals surface area contributed by atoms with E-state index in [0.717, 1.165) is 13.4 Å². The summed E-state index contributed by atoms with van der Waals surface area (Å²) in [5.74, 6) is 0. The maximum atomic E-state index is 11.9. The van der Waals surface area contributed by atoms with Crippen molar-refractivity contribution in [3.8, 4) is 0 Å². The zero-order valence-corrected chi connectivity index (χ0v) is 14.7. The molecular weight excluding hydrogens is 432 g/mol. The number of hydrogen-bond donors (Lipinski definition) is 0. The average Bonchev–Trinajstić information content (AvgIpc) is 2.26. The molecule has 0 aliphatic carbocycles. The fourth-order valence-electron chi connectivity index (χ4n) is 1.34. The molecule has 1 aromatic carbocycles. The van der Waals surface area contributed by atoms with Crippen LogP contribution in [0.2, 0.25) is 0 Å². The van der Waals surface area contributed by atoms with Crippen LogP contribution in [0.4, 0.5) is 0 Å². The Bertz CT molecular complexity index is 639. The van der Waals surface area contributed by atoms with Crippen molar-refractivity contribution in [1.29, 1.82) is 0 Å². The SMILES string of the molecule is CC(C)(C)[n+]1nc2c(Br)c(Br)c(Br)cc2[n+]([O-])n1.